The number of rotatable bonds is 9. The monoisotopic (exact) mass is 932 g/mol. The number of nitrogens with zero attached hydrogens (tertiary/aromatic N) is 3. The van der Waals surface area contributed by atoms with Crippen LogP contribution in [0, 0.1) is 30.6 Å². The molecule has 0 amide bonds. The van der Waals surface area contributed by atoms with Crippen molar-refractivity contribution in [1.29, 1.82) is 0 Å². The molecule has 7 unspecified atom stereocenters. The Labute approximate surface area is 425 Å². The van der Waals surface area contributed by atoms with E-state index in [4.69, 9.17) is 0 Å². The van der Waals surface area contributed by atoms with E-state index in [9.17, 15) is 0 Å². The molecule has 0 radical (unpaired) electrons. The third kappa shape index (κ3) is 6.64. The highest BCUT2D eigenvalue weighted by Gasteiger charge is 2.66. The molecule has 1 spiro atoms. The van der Waals surface area contributed by atoms with E-state index in [2.05, 4.69) is 240 Å². The van der Waals surface area contributed by atoms with Gasteiger partial charge < -0.3 is 20.0 Å². The summed E-state index contributed by atoms with van der Waals surface area (Å²) in [7, 11) is 0. The van der Waals surface area contributed by atoms with Crippen LogP contribution < -0.4 is 15.1 Å². The van der Waals surface area contributed by atoms with E-state index in [1.165, 1.54) is 101 Å². The second-order valence-electron chi connectivity index (χ2n) is 22.2. The topological polar surface area (TPSA) is 21.8 Å². The number of allylic oxidation sites excluding steroid dienone is 19. The Morgan fingerprint density at radius 2 is 1.57 bits per heavy atom. The Kier molecular flexibility index (Phi) is 9.35. The Balaban J connectivity index is 0.851. The lowest BCUT2D eigenvalue weighted by molar-refractivity contribution is 0.505. The predicted molar refractivity (Wildman–Crippen MR) is 297 cm³/mol. The number of anilines is 3. The molecule has 0 saturated heterocycles. The lowest BCUT2D eigenvalue weighted by Gasteiger charge is -2.34. The molecule has 352 valence electrons. The summed E-state index contributed by atoms with van der Waals surface area (Å²) in [6.07, 6.45) is 52.7. The molecule has 3 saturated carbocycles. The highest BCUT2D eigenvalue weighted by Crippen LogP contribution is 2.69. The van der Waals surface area contributed by atoms with Crippen molar-refractivity contribution in [3.8, 4) is 0 Å². The summed E-state index contributed by atoms with van der Waals surface area (Å²) >= 11 is 0. The summed E-state index contributed by atoms with van der Waals surface area (Å²) < 4.78 is 0. The molecule has 11 aliphatic rings. The van der Waals surface area contributed by atoms with E-state index in [1.54, 1.807) is 0 Å². The average Bonchev–Trinajstić information content (AvgIpc) is 4.32. The Bertz CT molecular complexity index is 3490. The van der Waals surface area contributed by atoms with Gasteiger partial charge in [0.15, 0.2) is 0 Å². The van der Waals surface area contributed by atoms with Crippen LogP contribution in [0.5, 0.6) is 0 Å². The van der Waals surface area contributed by atoms with Gasteiger partial charge in [-0.3, -0.25) is 0 Å². The summed E-state index contributed by atoms with van der Waals surface area (Å²) in [6, 6.07) is 34.8. The SMILES string of the molecule is CC1=CCC=C(N(C2=CC=C(N3c4ccc(N(c5ccc(C)cc5)C56C=CCc7ccccc7C5C6)cc4C4=CC(NC5=CC6C7C=CC=C(C=C5)C76)=CC5CC453)C=CC2)C2=Cc3ccccc3CC2)C=C1. The molecule has 72 heavy (non-hydrogen) atoms. The summed E-state index contributed by atoms with van der Waals surface area (Å²) in [5.41, 5.74) is 23.6. The maximum absolute atomic E-state index is 4.00. The molecular formula is C68H60N4. The van der Waals surface area contributed by atoms with E-state index in [1.807, 2.05) is 0 Å². The largest absolute Gasteiger partial charge is 0.356 e. The van der Waals surface area contributed by atoms with Gasteiger partial charge in [0.2, 0.25) is 0 Å². The van der Waals surface area contributed by atoms with E-state index >= 15 is 0 Å². The van der Waals surface area contributed by atoms with Gasteiger partial charge in [0.1, 0.15) is 0 Å². The molecule has 0 bridgehead atoms. The first-order valence-electron chi connectivity index (χ1n) is 26.7. The van der Waals surface area contributed by atoms with Gasteiger partial charge in [-0.05, 0) is 176 Å². The molecule has 1 aliphatic heterocycles. The van der Waals surface area contributed by atoms with Crippen molar-refractivity contribution in [2.45, 2.75) is 75.8 Å². The second kappa shape index (κ2) is 16.0. The standard InChI is InChI=1S/C68H60N4/c1-44-11-7-17-53(28-22-44)70(57-31-26-46-12-3-4-14-49(46)37-57)54-18-9-19-55(33-32-54)72-65-35-34-58(71(56-29-23-45(2)24-30-56)67-36-10-16-47-13-5-6-20-59(47)64(67)43-67)41-62(65)63-40-52(38-50-42-68(50,63)72)69-51-27-25-48-15-8-21-60-61(39-51)66(48)60/h3-6,8-15,17,19-25,27-30,32-41,50,60-61,64,66,69H,7,16,18,26,31,42-43H2,1-2H3. The summed E-state index contributed by atoms with van der Waals surface area (Å²) in [5, 5.41) is 4.00. The zero-order valence-corrected chi connectivity index (χ0v) is 41.3. The number of hydrogen-bond acceptors (Lipinski definition) is 4. The molecule has 10 aliphatic carbocycles. The molecule has 4 aromatic carbocycles. The lowest BCUT2D eigenvalue weighted by atomic mass is 9.92. The van der Waals surface area contributed by atoms with Gasteiger partial charge in [-0.15, -0.1) is 0 Å². The number of aryl methyl sites for hydroxylation is 2. The molecule has 4 aromatic rings. The molecule has 7 atom stereocenters. The highest BCUT2D eigenvalue weighted by molar-refractivity contribution is 5.99. The van der Waals surface area contributed by atoms with Crippen molar-refractivity contribution < 1.29 is 0 Å². The van der Waals surface area contributed by atoms with Crippen molar-refractivity contribution in [3.05, 3.63) is 279 Å². The number of hydrogen-bond donors (Lipinski definition) is 1. The summed E-state index contributed by atoms with van der Waals surface area (Å²) in [4.78, 5) is 8.00. The van der Waals surface area contributed by atoms with E-state index in [-0.39, 0.29) is 11.1 Å². The van der Waals surface area contributed by atoms with E-state index in [0.717, 1.165) is 44.9 Å². The molecule has 15 rings (SSSR count). The summed E-state index contributed by atoms with van der Waals surface area (Å²) in [5.74, 6) is 2.63. The van der Waals surface area contributed by atoms with Crippen molar-refractivity contribution in [3.63, 3.8) is 0 Å². The van der Waals surface area contributed by atoms with Crippen molar-refractivity contribution in [1.82, 2.24) is 10.2 Å². The van der Waals surface area contributed by atoms with Crippen LogP contribution in [0.1, 0.15) is 78.3 Å². The minimum absolute atomic E-state index is 0.143. The zero-order valence-electron chi connectivity index (χ0n) is 41.3. The fourth-order valence-corrected chi connectivity index (χ4v) is 14.1. The van der Waals surface area contributed by atoms with Gasteiger partial charge in [-0.2, -0.15) is 0 Å². The Morgan fingerprint density at radius 1 is 0.694 bits per heavy atom. The second-order valence-corrected chi connectivity index (χ2v) is 22.2. The predicted octanol–water partition coefficient (Wildman–Crippen LogP) is 15.2. The van der Waals surface area contributed by atoms with Crippen molar-refractivity contribution in [2.75, 3.05) is 9.80 Å². The maximum atomic E-state index is 4.00. The molecule has 1 heterocycles. The molecule has 3 fully saturated rings. The molecular weight excluding hydrogens is 873 g/mol. The van der Waals surface area contributed by atoms with Crippen LogP contribution in [-0.4, -0.2) is 16.0 Å². The van der Waals surface area contributed by atoms with Crippen LogP contribution in [0.15, 0.2) is 246 Å². The third-order valence-corrected chi connectivity index (χ3v) is 17.9. The van der Waals surface area contributed by atoms with E-state index < -0.39 is 0 Å². The summed E-state index contributed by atoms with van der Waals surface area (Å²) in [6.45, 7) is 4.41. The number of benzene rings is 4. The number of fused-ring (bicyclic) bond motifs is 7. The first kappa shape index (κ1) is 42.2. The van der Waals surface area contributed by atoms with Crippen LogP contribution in [0.4, 0.5) is 17.1 Å². The Hall–Kier alpha value is -7.56. The van der Waals surface area contributed by atoms with Crippen LogP contribution in [-0.2, 0) is 12.8 Å². The molecule has 4 nitrogen and oxygen atoms in total. The minimum Gasteiger partial charge on any atom is -0.356 e. The third-order valence-electron chi connectivity index (χ3n) is 17.9. The number of nitrogens with one attached hydrogen (secondary N) is 1. The van der Waals surface area contributed by atoms with Gasteiger partial charge in [0.25, 0.3) is 0 Å². The van der Waals surface area contributed by atoms with Crippen LogP contribution in [0.2, 0.25) is 0 Å². The van der Waals surface area contributed by atoms with Gasteiger partial charge in [0, 0.05) is 75.1 Å². The lowest BCUT2D eigenvalue weighted by Crippen LogP contribution is -2.35. The fourth-order valence-electron chi connectivity index (χ4n) is 14.1. The molecule has 4 heteroatoms. The molecule has 0 aromatic heterocycles. The van der Waals surface area contributed by atoms with Crippen LogP contribution in [0.3, 0.4) is 0 Å². The Morgan fingerprint density at radius 3 is 2.50 bits per heavy atom. The van der Waals surface area contributed by atoms with E-state index in [0.29, 0.717) is 29.6 Å². The first-order valence-corrected chi connectivity index (χ1v) is 26.7. The highest BCUT2D eigenvalue weighted by atomic mass is 15.3. The zero-order chi connectivity index (χ0) is 47.7. The quantitative estimate of drug-likeness (QED) is 0.169. The smallest absolute Gasteiger partial charge is 0.0780 e. The minimum atomic E-state index is -0.163. The van der Waals surface area contributed by atoms with Gasteiger partial charge in [-0.25, -0.2) is 0 Å². The van der Waals surface area contributed by atoms with Gasteiger partial charge in [-0.1, -0.05) is 145 Å². The van der Waals surface area contributed by atoms with Crippen LogP contribution >= 0.6 is 0 Å². The van der Waals surface area contributed by atoms with Crippen molar-refractivity contribution in [2.24, 2.45) is 23.7 Å². The first-order chi connectivity index (χ1) is 35.4. The van der Waals surface area contributed by atoms with Gasteiger partial charge in [0.05, 0.1) is 11.1 Å². The van der Waals surface area contributed by atoms with Crippen molar-refractivity contribution >= 4 is 28.7 Å². The maximum Gasteiger partial charge on any atom is 0.0780 e. The average molecular weight is 933 g/mol. The fraction of sp³-hybridized carbons (Fsp3) is 0.235. The van der Waals surface area contributed by atoms with Crippen LogP contribution in [0.25, 0.3) is 11.6 Å². The molecule has 1 N–H and O–H groups in total. The normalized spacial score (nSPS) is 29.0. The van der Waals surface area contributed by atoms with Gasteiger partial charge >= 0.3 is 0 Å².